The first-order valence-electron chi connectivity index (χ1n) is 9.31. The van der Waals surface area contributed by atoms with E-state index in [1.165, 1.54) is 5.69 Å². The smallest absolute Gasteiger partial charge is 0.220 e. The first kappa shape index (κ1) is 19.8. The predicted octanol–water partition coefficient (Wildman–Crippen LogP) is 4.10. The largest absolute Gasteiger partial charge is 0.496 e. The van der Waals surface area contributed by atoms with Crippen LogP contribution in [0.3, 0.4) is 0 Å². The summed E-state index contributed by atoms with van der Waals surface area (Å²) in [6.07, 6.45) is 1.22. The third-order valence-corrected chi connectivity index (χ3v) is 4.65. The van der Waals surface area contributed by atoms with Crippen molar-refractivity contribution in [3.63, 3.8) is 0 Å². The van der Waals surface area contributed by atoms with Crippen LogP contribution in [0.1, 0.15) is 37.0 Å². The molecule has 2 rings (SSSR count). The van der Waals surface area contributed by atoms with E-state index in [0.29, 0.717) is 13.0 Å². The van der Waals surface area contributed by atoms with Gasteiger partial charge in [-0.15, -0.1) is 0 Å². The quantitative estimate of drug-likeness (QED) is 0.737. The molecule has 0 aliphatic rings. The monoisotopic (exact) mass is 354 g/mol. The lowest BCUT2D eigenvalue weighted by Gasteiger charge is -2.21. The van der Waals surface area contributed by atoms with Crippen molar-refractivity contribution >= 4 is 11.6 Å². The Morgan fingerprint density at radius 2 is 1.69 bits per heavy atom. The number of amides is 1. The van der Waals surface area contributed by atoms with Crippen molar-refractivity contribution in [2.24, 2.45) is 0 Å². The van der Waals surface area contributed by atoms with Crippen LogP contribution >= 0.6 is 0 Å². The zero-order chi connectivity index (χ0) is 18.9. The second-order valence-corrected chi connectivity index (χ2v) is 6.42. The van der Waals surface area contributed by atoms with E-state index in [9.17, 15) is 4.79 Å². The van der Waals surface area contributed by atoms with Gasteiger partial charge in [-0.05, 0) is 62.1 Å². The molecule has 140 valence electrons. The molecule has 0 radical (unpaired) electrons. The standard InChI is InChI=1S/C22H30N2O2/c1-5-24(6-2)20-11-7-19(8-12-20)16-23-22(25)14-10-18-9-13-21(26-4)17(3)15-18/h7-9,11-13,15H,5-6,10,14,16H2,1-4H3,(H,23,25). The summed E-state index contributed by atoms with van der Waals surface area (Å²) in [5.74, 6) is 0.956. The molecule has 0 aliphatic heterocycles. The third-order valence-electron chi connectivity index (χ3n) is 4.65. The second kappa shape index (κ2) is 9.85. The molecule has 1 amide bonds. The number of aryl methyl sites for hydroxylation is 2. The van der Waals surface area contributed by atoms with Crippen LogP contribution in [-0.4, -0.2) is 26.1 Å². The summed E-state index contributed by atoms with van der Waals surface area (Å²) in [5.41, 5.74) is 4.59. The Hall–Kier alpha value is -2.49. The van der Waals surface area contributed by atoms with E-state index in [2.05, 4.69) is 54.4 Å². The molecule has 2 aromatic rings. The highest BCUT2D eigenvalue weighted by molar-refractivity contribution is 5.76. The number of anilines is 1. The van der Waals surface area contributed by atoms with Gasteiger partial charge in [-0.3, -0.25) is 4.79 Å². The lowest BCUT2D eigenvalue weighted by Crippen LogP contribution is -2.23. The average molecular weight is 354 g/mol. The van der Waals surface area contributed by atoms with Gasteiger partial charge in [0.1, 0.15) is 5.75 Å². The number of rotatable bonds is 9. The van der Waals surface area contributed by atoms with Gasteiger partial charge in [0.25, 0.3) is 0 Å². The fourth-order valence-corrected chi connectivity index (χ4v) is 3.06. The molecule has 0 aromatic heterocycles. The Bertz CT molecular complexity index is 707. The lowest BCUT2D eigenvalue weighted by atomic mass is 10.1. The topological polar surface area (TPSA) is 41.6 Å². The summed E-state index contributed by atoms with van der Waals surface area (Å²) in [5, 5.41) is 3.01. The van der Waals surface area contributed by atoms with Crippen molar-refractivity contribution in [2.45, 2.75) is 40.2 Å². The van der Waals surface area contributed by atoms with E-state index in [0.717, 1.165) is 42.0 Å². The Balaban J connectivity index is 1.80. The number of carbonyl (C=O) groups excluding carboxylic acids is 1. The highest BCUT2D eigenvalue weighted by Crippen LogP contribution is 2.19. The molecule has 0 saturated carbocycles. The minimum Gasteiger partial charge on any atom is -0.496 e. The molecule has 0 saturated heterocycles. The van der Waals surface area contributed by atoms with Crippen LogP contribution in [0.4, 0.5) is 5.69 Å². The van der Waals surface area contributed by atoms with Crippen LogP contribution < -0.4 is 15.0 Å². The molecular weight excluding hydrogens is 324 g/mol. The highest BCUT2D eigenvalue weighted by Gasteiger charge is 2.06. The van der Waals surface area contributed by atoms with E-state index in [1.807, 2.05) is 19.1 Å². The normalized spacial score (nSPS) is 10.5. The Morgan fingerprint density at radius 1 is 1.04 bits per heavy atom. The number of nitrogens with one attached hydrogen (secondary N) is 1. The van der Waals surface area contributed by atoms with E-state index in [-0.39, 0.29) is 5.91 Å². The van der Waals surface area contributed by atoms with Crippen LogP contribution in [0, 0.1) is 6.92 Å². The van der Waals surface area contributed by atoms with Crippen molar-refractivity contribution in [3.05, 3.63) is 59.2 Å². The van der Waals surface area contributed by atoms with Crippen molar-refractivity contribution in [3.8, 4) is 5.75 Å². The van der Waals surface area contributed by atoms with Crippen molar-refractivity contribution < 1.29 is 9.53 Å². The molecule has 2 aromatic carbocycles. The zero-order valence-corrected chi connectivity index (χ0v) is 16.3. The van der Waals surface area contributed by atoms with E-state index in [4.69, 9.17) is 4.74 Å². The molecule has 4 heteroatoms. The van der Waals surface area contributed by atoms with Crippen LogP contribution in [0.25, 0.3) is 0 Å². The van der Waals surface area contributed by atoms with Crippen LogP contribution in [0.2, 0.25) is 0 Å². The summed E-state index contributed by atoms with van der Waals surface area (Å²) < 4.78 is 5.27. The van der Waals surface area contributed by atoms with Gasteiger partial charge in [0.05, 0.1) is 7.11 Å². The first-order valence-corrected chi connectivity index (χ1v) is 9.31. The molecule has 0 atom stereocenters. The molecule has 0 spiro atoms. The van der Waals surface area contributed by atoms with Gasteiger partial charge in [0.2, 0.25) is 5.91 Å². The van der Waals surface area contributed by atoms with Gasteiger partial charge in [0.15, 0.2) is 0 Å². The molecular formula is C22H30N2O2. The SMILES string of the molecule is CCN(CC)c1ccc(CNC(=O)CCc2ccc(OC)c(C)c2)cc1. The Labute approximate surface area is 157 Å². The minimum atomic E-state index is 0.0753. The van der Waals surface area contributed by atoms with Crippen LogP contribution in [-0.2, 0) is 17.8 Å². The highest BCUT2D eigenvalue weighted by atomic mass is 16.5. The fourth-order valence-electron chi connectivity index (χ4n) is 3.06. The minimum absolute atomic E-state index is 0.0753. The van der Waals surface area contributed by atoms with Gasteiger partial charge in [-0.25, -0.2) is 0 Å². The number of nitrogens with zero attached hydrogens (tertiary/aromatic N) is 1. The lowest BCUT2D eigenvalue weighted by molar-refractivity contribution is -0.121. The molecule has 0 aliphatic carbocycles. The summed E-state index contributed by atoms with van der Waals surface area (Å²) in [6.45, 7) is 8.89. The fraction of sp³-hybridized carbons (Fsp3) is 0.409. The number of methoxy groups -OCH3 is 1. The summed E-state index contributed by atoms with van der Waals surface area (Å²) >= 11 is 0. The molecule has 0 fully saturated rings. The first-order chi connectivity index (χ1) is 12.6. The maximum atomic E-state index is 12.1. The Morgan fingerprint density at radius 3 is 2.27 bits per heavy atom. The number of carbonyl (C=O) groups is 1. The van der Waals surface area contributed by atoms with E-state index in [1.54, 1.807) is 7.11 Å². The van der Waals surface area contributed by atoms with E-state index < -0.39 is 0 Å². The Kier molecular flexibility index (Phi) is 7.52. The van der Waals surface area contributed by atoms with Gasteiger partial charge in [-0.1, -0.05) is 24.3 Å². The predicted molar refractivity (Wildman–Crippen MR) is 108 cm³/mol. The second-order valence-electron chi connectivity index (χ2n) is 6.42. The van der Waals surface area contributed by atoms with Crippen molar-refractivity contribution in [2.75, 3.05) is 25.1 Å². The summed E-state index contributed by atoms with van der Waals surface area (Å²) in [7, 11) is 1.67. The molecule has 4 nitrogen and oxygen atoms in total. The zero-order valence-electron chi connectivity index (χ0n) is 16.3. The van der Waals surface area contributed by atoms with Crippen molar-refractivity contribution in [1.29, 1.82) is 0 Å². The average Bonchev–Trinajstić information content (AvgIpc) is 2.66. The number of hydrogen-bond acceptors (Lipinski definition) is 3. The number of benzene rings is 2. The van der Waals surface area contributed by atoms with Crippen LogP contribution in [0.15, 0.2) is 42.5 Å². The van der Waals surface area contributed by atoms with Crippen molar-refractivity contribution in [1.82, 2.24) is 5.32 Å². The van der Waals surface area contributed by atoms with Gasteiger partial charge < -0.3 is 15.0 Å². The van der Waals surface area contributed by atoms with Gasteiger partial charge >= 0.3 is 0 Å². The molecule has 0 unspecified atom stereocenters. The maximum absolute atomic E-state index is 12.1. The molecule has 26 heavy (non-hydrogen) atoms. The van der Waals surface area contributed by atoms with Crippen LogP contribution in [0.5, 0.6) is 5.75 Å². The molecule has 1 N–H and O–H groups in total. The maximum Gasteiger partial charge on any atom is 0.220 e. The number of ether oxygens (including phenoxy) is 1. The number of hydrogen-bond donors (Lipinski definition) is 1. The van der Waals surface area contributed by atoms with Gasteiger partial charge in [-0.2, -0.15) is 0 Å². The van der Waals surface area contributed by atoms with Gasteiger partial charge in [0, 0.05) is 31.7 Å². The molecule has 0 heterocycles. The third kappa shape index (κ3) is 5.51. The van der Waals surface area contributed by atoms with E-state index >= 15 is 0 Å². The summed E-state index contributed by atoms with van der Waals surface area (Å²) in [6, 6.07) is 14.5. The summed E-state index contributed by atoms with van der Waals surface area (Å²) in [4.78, 5) is 14.4. The molecule has 0 bridgehead atoms.